The van der Waals surface area contributed by atoms with Crippen molar-refractivity contribution in [2.24, 2.45) is 0 Å². The van der Waals surface area contributed by atoms with Crippen LogP contribution in [0, 0.1) is 6.92 Å². The fourth-order valence-electron chi connectivity index (χ4n) is 3.70. The number of rotatable bonds is 7. The van der Waals surface area contributed by atoms with E-state index in [0.29, 0.717) is 12.0 Å². The SMILES string of the molecule is CCC[C@H]1C(C(=O)OCC)=C[C@@H](c2ccccc2)N1S(=O)(=O)c1ccc(C)cc1. The summed E-state index contributed by atoms with van der Waals surface area (Å²) < 4.78 is 34.1. The summed E-state index contributed by atoms with van der Waals surface area (Å²) in [5.41, 5.74) is 2.22. The molecule has 1 heterocycles. The van der Waals surface area contributed by atoms with Gasteiger partial charge in [-0.25, -0.2) is 13.2 Å². The van der Waals surface area contributed by atoms with Crippen LogP contribution in [0.2, 0.25) is 0 Å². The molecule has 0 bridgehead atoms. The predicted octanol–water partition coefficient (Wildman–Crippen LogP) is 4.40. The van der Waals surface area contributed by atoms with Gasteiger partial charge in [0.05, 0.1) is 29.2 Å². The number of esters is 1. The second-order valence-electron chi connectivity index (χ2n) is 7.15. The normalized spacial score (nSPS) is 19.8. The first-order valence-corrected chi connectivity index (χ1v) is 11.4. The summed E-state index contributed by atoms with van der Waals surface area (Å²) in [6.45, 7) is 5.89. The van der Waals surface area contributed by atoms with Gasteiger partial charge in [0.25, 0.3) is 0 Å². The van der Waals surface area contributed by atoms with Crippen LogP contribution in [0.4, 0.5) is 0 Å². The van der Waals surface area contributed by atoms with Gasteiger partial charge in [-0.1, -0.05) is 61.4 Å². The molecule has 0 saturated carbocycles. The lowest BCUT2D eigenvalue weighted by Crippen LogP contribution is -2.40. The van der Waals surface area contributed by atoms with Crippen LogP contribution in [0.5, 0.6) is 0 Å². The highest BCUT2D eigenvalue weighted by atomic mass is 32.2. The predicted molar refractivity (Wildman–Crippen MR) is 113 cm³/mol. The number of hydrogen-bond acceptors (Lipinski definition) is 4. The van der Waals surface area contributed by atoms with E-state index in [-0.39, 0.29) is 11.5 Å². The maximum absolute atomic E-state index is 13.7. The fourth-order valence-corrected chi connectivity index (χ4v) is 5.46. The van der Waals surface area contributed by atoms with Crippen LogP contribution in [0.1, 0.15) is 43.9 Å². The maximum atomic E-state index is 13.7. The molecule has 0 aromatic heterocycles. The molecule has 6 heteroatoms. The summed E-state index contributed by atoms with van der Waals surface area (Å²) in [5, 5.41) is 0. The largest absolute Gasteiger partial charge is 0.463 e. The van der Waals surface area contributed by atoms with Gasteiger partial charge in [0.2, 0.25) is 10.0 Å². The highest BCUT2D eigenvalue weighted by Crippen LogP contribution is 2.41. The zero-order chi connectivity index (χ0) is 21.0. The Morgan fingerprint density at radius 1 is 1.03 bits per heavy atom. The molecule has 2 atom stereocenters. The van der Waals surface area contributed by atoms with Crippen LogP contribution in [-0.4, -0.2) is 31.3 Å². The average molecular weight is 414 g/mol. The molecule has 0 aliphatic carbocycles. The number of hydrogen-bond donors (Lipinski definition) is 0. The first-order valence-electron chi connectivity index (χ1n) is 9.94. The third-order valence-corrected chi connectivity index (χ3v) is 6.99. The molecular formula is C23H27NO4S. The second kappa shape index (κ2) is 8.93. The van der Waals surface area contributed by atoms with E-state index in [9.17, 15) is 13.2 Å². The molecule has 0 saturated heterocycles. The minimum atomic E-state index is -3.83. The molecule has 0 radical (unpaired) electrons. The van der Waals surface area contributed by atoms with Crippen molar-refractivity contribution >= 4 is 16.0 Å². The van der Waals surface area contributed by atoms with Crippen molar-refractivity contribution in [3.05, 3.63) is 77.4 Å². The number of ether oxygens (including phenoxy) is 1. The Morgan fingerprint density at radius 3 is 2.28 bits per heavy atom. The molecule has 5 nitrogen and oxygen atoms in total. The summed E-state index contributed by atoms with van der Waals surface area (Å²) in [6.07, 6.45) is 3.03. The van der Waals surface area contributed by atoms with Crippen molar-refractivity contribution in [2.75, 3.05) is 6.61 Å². The van der Waals surface area contributed by atoms with Gasteiger partial charge in [-0.3, -0.25) is 0 Å². The number of aryl methyl sites for hydroxylation is 1. The molecule has 1 aliphatic rings. The zero-order valence-corrected chi connectivity index (χ0v) is 17.9. The number of benzene rings is 2. The molecule has 2 aromatic rings. The van der Waals surface area contributed by atoms with Gasteiger partial charge >= 0.3 is 5.97 Å². The van der Waals surface area contributed by atoms with E-state index in [0.717, 1.165) is 17.5 Å². The van der Waals surface area contributed by atoms with Gasteiger partial charge in [0.1, 0.15) is 0 Å². The molecule has 2 aromatic carbocycles. The molecular weight excluding hydrogens is 386 g/mol. The molecule has 0 N–H and O–H groups in total. The van der Waals surface area contributed by atoms with Crippen LogP contribution in [0.25, 0.3) is 0 Å². The highest BCUT2D eigenvalue weighted by Gasteiger charge is 2.45. The van der Waals surface area contributed by atoms with Gasteiger partial charge < -0.3 is 4.74 Å². The molecule has 29 heavy (non-hydrogen) atoms. The van der Waals surface area contributed by atoms with Gasteiger partial charge in [0, 0.05) is 0 Å². The average Bonchev–Trinajstić information content (AvgIpc) is 3.10. The lowest BCUT2D eigenvalue weighted by molar-refractivity contribution is -0.138. The first kappa shape index (κ1) is 21.3. The Bertz CT molecular complexity index is 981. The summed E-state index contributed by atoms with van der Waals surface area (Å²) >= 11 is 0. The van der Waals surface area contributed by atoms with E-state index in [1.807, 2.05) is 44.2 Å². The lowest BCUT2D eigenvalue weighted by Gasteiger charge is -2.31. The Morgan fingerprint density at radius 2 is 1.69 bits per heavy atom. The molecule has 0 fully saturated rings. The third-order valence-electron chi connectivity index (χ3n) is 5.09. The van der Waals surface area contributed by atoms with E-state index in [1.165, 1.54) is 4.31 Å². The van der Waals surface area contributed by atoms with Crippen molar-refractivity contribution in [2.45, 2.75) is 50.6 Å². The molecule has 0 spiro atoms. The number of carbonyl (C=O) groups excluding carboxylic acids is 1. The maximum Gasteiger partial charge on any atom is 0.335 e. The van der Waals surface area contributed by atoms with Gasteiger partial charge in [-0.05, 0) is 44.0 Å². The smallest absolute Gasteiger partial charge is 0.335 e. The summed E-state index contributed by atoms with van der Waals surface area (Å²) in [6, 6.07) is 15.1. The fraction of sp³-hybridized carbons (Fsp3) is 0.348. The Hall–Kier alpha value is -2.44. The standard InChI is InChI=1S/C23H27NO4S/c1-4-9-21-20(23(25)28-5-2)16-22(18-10-7-6-8-11-18)24(21)29(26,27)19-14-12-17(3)13-15-19/h6-8,10-16,21-22H,4-5,9H2,1-3H3/t21-,22-/m0/s1. The summed E-state index contributed by atoms with van der Waals surface area (Å²) in [7, 11) is -3.83. The Labute approximate surface area is 173 Å². The van der Waals surface area contributed by atoms with Crippen LogP contribution >= 0.6 is 0 Å². The molecule has 0 unspecified atom stereocenters. The molecule has 3 rings (SSSR count). The topological polar surface area (TPSA) is 63.7 Å². The minimum Gasteiger partial charge on any atom is -0.463 e. The van der Waals surface area contributed by atoms with Crippen LogP contribution in [-0.2, 0) is 19.6 Å². The number of nitrogens with zero attached hydrogens (tertiary/aromatic N) is 1. The molecule has 1 aliphatic heterocycles. The van der Waals surface area contributed by atoms with E-state index in [4.69, 9.17) is 4.74 Å². The van der Waals surface area contributed by atoms with E-state index in [1.54, 1.807) is 37.3 Å². The molecule has 0 amide bonds. The van der Waals surface area contributed by atoms with Crippen LogP contribution in [0.15, 0.2) is 71.1 Å². The Kier molecular flexibility index (Phi) is 6.55. The zero-order valence-electron chi connectivity index (χ0n) is 17.0. The van der Waals surface area contributed by atoms with Gasteiger partial charge in [0.15, 0.2) is 0 Å². The van der Waals surface area contributed by atoms with E-state index >= 15 is 0 Å². The summed E-state index contributed by atoms with van der Waals surface area (Å²) in [4.78, 5) is 12.9. The third kappa shape index (κ3) is 4.28. The van der Waals surface area contributed by atoms with E-state index in [2.05, 4.69) is 0 Å². The second-order valence-corrected chi connectivity index (χ2v) is 8.99. The number of carbonyl (C=O) groups is 1. The van der Waals surface area contributed by atoms with Crippen molar-refractivity contribution in [1.82, 2.24) is 4.31 Å². The first-order chi connectivity index (χ1) is 13.9. The quantitative estimate of drug-likeness (QED) is 0.631. The van der Waals surface area contributed by atoms with E-state index < -0.39 is 28.1 Å². The monoisotopic (exact) mass is 413 g/mol. The van der Waals surface area contributed by atoms with Gasteiger partial charge in [-0.2, -0.15) is 4.31 Å². The van der Waals surface area contributed by atoms with Crippen molar-refractivity contribution in [3.8, 4) is 0 Å². The van der Waals surface area contributed by atoms with Crippen molar-refractivity contribution in [1.29, 1.82) is 0 Å². The van der Waals surface area contributed by atoms with Crippen LogP contribution in [0.3, 0.4) is 0 Å². The van der Waals surface area contributed by atoms with Crippen molar-refractivity contribution in [3.63, 3.8) is 0 Å². The molecule has 154 valence electrons. The van der Waals surface area contributed by atoms with Gasteiger partial charge in [-0.15, -0.1) is 0 Å². The lowest BCUT2D eigenvalue weighted by atomic mass is 10.0. The Balaban J connectivity index is 2.14. The summed E-state index contributed by atoms with van der Waals surface area (Å²) in [5.74, 6) is -0.450. The number of sulfonamides is 1. The highest BCUT2D eigenvalue weighted by molar-refractivity contribution is 7.89. The van der Waals surface area contributed by atoms with Crippen molar-refractivity contribution < 1.29 is 17.9 Å². The van der Waals surface area contributed by atoms with Crippen LogP contribution < -0.4 is 0 Å². The minimum absolute atomic E-state index is 0.226.